The van der Waals surface area contributed by atoms with Crippen LogP contribution in [0.5, 0.6) is 0 Å². The summed E-state index contributed by atoms with van der Waals surface area (Å²) in [6.07, 6.45) is 2.70. The molecular weight excluding hydrogens is 447 g/mol. The van der Waals surface area contributed by atoms with Gasteiger partial charge in [-0.3, -0.25) is 9.59 Å². The molecule has 2 atom stereocenters. The average molecular weight is 477 g/mol. The molecule has 2 amide bonds. The van der Waals surface area contributed by atoms with Crippen molar-refractivity contribution in [2.75, 3.05) is 13.1 Å². The molecule has 0 aliphatic carbocycles. The molecule has 2 aliphatic heterocycles. The van der Waals surface area contributed by atoms with E-state index in [1.807, 2.05) is 41.8 Å². The molecule has 2 aromatic carbocycles. The summed E-state index contributed by atoms with van der Waals surface area (Å²) in [5.41, 5.74) is 3.12. The Morgan fingerprint density at radius 2 is 1.80 bits per heavy atom. The summed E-state index contributed by atoms with van der Waals surface area (Å²) in [7, 11) is 0. The van der Waals surface area contributed by atoms with Crippen LogP contribution in [0, 0.1) is 11.7 Å². The molecule has 5 rings (SSSR count). The van der Waals surface area contributed by atoms with Gasteiger partial charge in [-0.2, -0.15) is 0 Å². The number of amides is 2. The van der Waals surface area contributed by atoms with Crippen molar-refractivity contribution < 1.29 is 18.7 Å². The van der Waals surface area contributed by atoms with Crippen molar-refractivity contribution in [3.63, 3.8) is 0 Å². The number of fused-ring (bicyclic) bond motifs is 1. The number of hydrogen-bond donors (Lipinski definition) is 1. The lowest BCUT2D eigenvalue weighted by molar-refractivity contribution is -0.127. The molecule has 2 aliphatic rings. The second-order valence-corrected chi connectivity index (χ2v) is 9.25. The number of likely N-dealkylation sites (tertiary alicyclic amines) is 1. The highest BCUT2D eigenvalue weighted by Gasteiger charge is 2.32. The van der Waals surface area contributed by atoms with Gasteiger partial charge in [-0.15, -0.1) is 0 Å². The highest BCUT2D eigenvalue weighted by Crippen LogP contribution is 2.29. The van der Waals surface area contributed by atoms with E-state index in [1.165, 1.54) is 12.1 Å². The largest absolute Gasteiger partial charge is 0.365 e. The molecule has 1 saturated heterocycles. The maximum Gasteiger partial charge on any atom is 0.274 e. The zero-order chi connectivity index (χ0) is 24.4. The fourth-order valence-corrected chi connectivity index (χ4v) is 4.84. The summed E-state index contributed by atoms with van der Waals surface area (Å²) in [6, 6.07) is 16.1. The van der Waals surface area contributed by atoms with E-state index in [1.54, 1.807) is 23.4 Å². The van der Waals surface area contributed by atoms with Crippen LogP contribution >= 0.6 is 0 Å². The van der Waals surface area contributed by atoms with Crippen LogP contribution in [0.25, 0.3) is 0 Å². The van der Waals surface area contributed by atoms with Crippen molar-refractivity contribution in [2.24, 2.45) is 5.92 Å². The Balaban J connectivity index is 1.17. The molecular formula is C27H29FN4O3. The number of benzene rings is 2. The molecule has 35 heavy (non-hydrogen) atoms. The van der Waals surface area contributed by atoms with Gasteiger partial charge < -0.3 is 19.5 Å². The van der Waals surface area contributed by atoms with Crippen LogP contribution < -0.4 is 5.32 Å². The van der Waals surface area contributed by atoms with Gasteiger partial charge in [0, 0.05) is 19.0 Å². The van der Waals surface area contributed by atoms with Crippen LogP contribution in [0.3, 0.4) is 0 Å². The lowest BCUT2D eigenvalue weighted by Gasteiger charge is -2.32. The minimum absolute atomic E-state index is 0.0352. The average Bonchev–Trinajstić information content (AvgIpc) is 3.32. The first-order chi connectivity index (χ1) is 17.0. The van der Waals surface area contributed by atoms with E-state index in [0.717, 1.165) is 16.8 Å². The standard InChI is InChI=1S/C27H29FN4O3/c1-18(19-5-3-2-4-6-19)30-26(33)21-11-13-31(14-12-21)27(34)25-23-16-35-24(15-32(23)17-29-25)20-7-9-22(28)10-8-20/h2-10,17-18,21,24H,11-16H2,1H3,(H,30,33)/t18-,24+/m0/s1. The predicted molar refractivity (Wildman–Crippen MR) is 128 cm³/mol. The summed E-state index contributed by atoms with van der Waals surface area (Å²) < 4.78 is 21.2. The van der Waals surface area contributed by atoms with Crippen LogP contribution in [0.4, 0.5) is 4.39 Å². The van der Waals surface area contributed by atoms with E-state index >= 15 is 0 Å². The first kappa shape index (κ1) is 23.2. The van der Waals surface area contributed by atoms with Gasteiger partial charge in [-0.1, -0.05) is 42.5 Å². The number of hydrogen-bond acceptors (Lipinski definition) is 4. The Morgan fingerprint density at radius 3 is 2.51 bits per heavy atom. The van der Waals surface area contributed by atoms with Crippen LogP contribution in [0.15, 0.2) is 60.9 Å². The minimum Gasteiger partial charge on any atom is -0.365 e. The summed E-state index contributed by atoms with van der Waals surface area (Å²) in [4.78, 5) is 32.2. The van der Waals surface area contributed by atoms with Gasteiger partial charge in [0.1, 0.15) is 11.9 Å². The molecule has 3 aromatic rings. The number of carbonyl (C=O) groups is 2. The fraction of sp³-hybridized carbons (Fsp3) is 0.370. The van der Waals surface area contributed by atoms with Gasteiger partial charge >= 0.3 is 0 Å². The first-order valence-corrected chi connectivity index (χ1v) is 12.0. The summed E-state index contributed by atoms with van der Waals surface area (Å²) in [5.74, 6) is -0.485. The Labute approximate surface area is 203 Å². The van der Waals surface area contributed by atoms with Gasteiger partial charge in [0.15, 0.2) is 5.69 Å². The molecule has 7 nitrogen and oxygen atoms in total. The van der Waals surface area contributed by atoms with Gasteiger partial charge in [0.25, 0.3) is 5.91 Å². The van der Waals surface area contributed by atoms with Crippen molar-refractivity contribution in [2.45, 2.75) is 45.1 Å². The molecule has 0 spiro atoms. The number of carbonyl (C=O) groups excluding carboxylic acids is 2. The van der Waals surface area contributed by atoms with Crippen LogP contribution in [0.2, 0.25) is 0 Å². The molecule has 8 heteroatoms. The summed E-state index contributed by atoms with van der Waals surface area (Å²) in [5, 5.41) is 3.10. The lowest BCUT2D eigenvalue weighted by Crippen LogP contribution is -2.43. The topological polar surface area (TPSA) is 76.5 Å². The predicted octanol–water partition coefficient (Wildman–Crippen LogP) is 4.02. The Kier molecular flexibility index (Phi) is 6.63. The third-order valence-corrected chi connectivity index (χ3v) is 6.99. The van der Waals surface area contributed by atoms with Crippen molar-refractivity contribution in [1.82, 2.24) is 19.8 Å². The van der Waals surface area contributed by atoms with Crippen LogP contribution in [-0.2, 0) is 22.7 Å². The Hall–Kier alpha value is -3.52. The smallest absolute Gasteiger partial charge is 0.274 e. The van der Waals surface area contributed by atoms with E-state index in [0.29, 0.717) is 38.2 Å². The second-order valence-electron chi connectivity index (χ2n) is 9.25. The van der Waals surface area contributed by atoms with Crippen molar-refractivity contribution in [1.29, 1.82) is 0 Å². The zero-order valence-electron chi connectivity index (χ0n) is 19.7. The third kappa shape index (κ3) is 4.98. The van der Waals surface area contributed by atoms with E-state index in [4.69, 9.17) is 4.74 Å². The number of imidazole rings is 1. The number of ether oxygens (including phenoxy) is 1. The molecule has 1 fully saturated rings. The molecule has 3 heterocycles. The van der Waals surface area contributed by atoms with E-state index in [-0.39, 0.29) is 42.3 Å². The van der Waals surface area contributed by atoms with E-state index in [2.05, 4.69) is 10.3 Å². The van der Waals surface area contributed by atoms with Crippen LogP contribution in [-0.4, -0.2) is 39.4 Å². The molecule has 1 N–H and O–H groups in total. The maximum atomic E-state index is 13.2. The molecule has 0 saturated carbocycles. The number of aromatic nitrogens is 2. The summed E-state index contributed by atoms with van der Waals surface area (Å²) >= 11 is 0. The normalized spacial score (nSPS) is 19.1. The van der Waals surface area contributed by atoms with Crippen molar-refractivity contribution in [3.05, 3.63) is 89.3 Å². The lowest BCUT2D eigenvalue weighted by atomic mass is 9.95. The molecule has 0 bridgehead atoms. The van der Waals surface area contributed by atoms with Gasteiger partial charge in [0.2, 0.25) is 5.91 Å². The number of rotatable bonds is 5. The van der Waals surface area contributed by atoms with E-state index < -0.39 is 0 Å². The van der Waals surface area contributed by atoms with Gasteiger partial charge in [-0.05, 0) is 43.0 Å². The fourth-order valence-electron chi connectivity index (χ4n) is 4.84. The number of nitrogens with zero attached hydrogens (tertiary/aromatic N) is 3. The highest BCUT2D eigenvalue weighted by molar-refractivity contribution is 5.93. The molecule has 0 radical (unpaired) electrons. The maximum absolute atomic E-state index is 13.2. The quantitative estimate of drug-likeness (QED) is 0.604. The number of nitrogens with one attached hydrogen (secondary N) is 1. The first-order valence-electron chi connectivity index (χ1n) is 12.0. The van der Waals surface area contributed by atoms with Gasteiger partial charge in [0.05, 0.1) is 31.2 Å². The van der Waals surface area contributed by atoms with Crippen LogP contribution in [0.1, 0.15) is 59.2 Å². The summed E-state index contributed by atoms with van der Waals surface area (Å²) in [6.45, 7) is 3.79. The number of piperidine rings is 1. The SMILES string of the molecule is C[C@H](NC(=O)C1CCN(C(=O)c2ncn3c2CO[C@@H](c2ccc(F)cc2)C3)CC1)c1ccccc1. The second kappa shape index (κ2) is 10.00. The van der Waals surface area contributed by atoms with Crippen molar-refractivity contribution in [3.8, 4) is 0 Å². The van der Waals surface area contributed by atoms with E-state index in [9.17, 15) is 14.0 Å². The monoisotopic (exact) mass is 476 g/mol. The Morgan fingerprint density at radius 1 is 1.09 bits per heavy atom. The Bertz CT molecular complexity index is 1190. The zero-order valence-corrected chi connectivity index (χ0v) is 19.7. The minimum atomic E-state index is -0.285. The highest BCUT2D eigenvalue weighted by atomic mass is 19.1. The third-order valence-electron chi connectivity index (χ3n) is 6.99. The molecule has 0 unspecified atom stereocenters. The number of halogens is 1. The van der Waals surface area contributed by atoms with Crippen molar-refractivity contribution >= 4 is 11.8 Å². The van der Waals surface area contributed by atoms with Gasteiger partial charge in [-0.25, -0.2) is 9.37 Å². The molecule has 182 valence electrons. The molecule has 1 aromatic heterocycles.